The normalized spacial score (nSPS) is 14.4. The van der Waals surface area contributed by atoms with E-state index in [-0.39, 0.29) is 24.7 Å². The molecule has 2 aromatic carbocycles. The third-order valence-corrected chi connectivity index (χ3v) is 5.73. The van der Waals surface area contributed by atoms with E-state index in [1.54, 1.807) is 11.8 Å². The van der Waals surface area contributed by atoms with E-state index in [0.29, 0.717) is 11.3 Å². The summed E-state index contributed by atoms with van der Waals surface area (Å²) in [7, 11) is 0. The van der Waals surface area contributed by atoms with Gasteiger partial charge in [0.2, 0.25) is 11.7 Å². The van der Waals surface area contributed by atoms with Crippen molar-refractivity contribution in [2.24, 2.45) is 0 Å². The molecular weight excluding hydrogens is 374 g/mol. The van der Waals surface area contributed by atoms with Crippen LogP contribution >= 0.6 is 11.8 Å². The molecule has 0 spiro atoms. The van der Waals surface area contributed by atoms with E-state index < -0.39 is 12.1 Å². The Balaban J connectivity index is 1.61. The Morgan fingerprint density at radius 1 is 1.18 bits per heavy atom. The molecule has 3 rings (SSSR count). The van der Waals surface area contributed by atoms with Gasteiger partial charge in [-0.25, -0.2) is 0 Å². The number of amides is 1. The first-order valence-corrected chi connectivity index (χ1v) is 10.2. The van der Waals surface area contributed by atoms with Crippen LogP contribution in [0.2, 0.25) is 0 Å². The molecule has 1 amide bonds. The molecule has 0 N–H and O–H groups in total. The average Bonchev–Trinajstić information content (AvgIpc) is 2.68. The van der Waals surface area contributed by atoms with Crippen molar-refractivity contribution in [3.05, 3.63) is 59.2 Å². The maximum absolute atomic E-state index is 12.6. The highest BCUT2D eigenvalue weighted by molar-refractivity contribution is 8.00. The second-order valence-electron chi connectivity index (χ2n) is 6.87. The second kappa shape index (κ2) is 8.61. The number of benzene rings is 2. The van der Waals surface area contributed by atoms with E-state index in [1.807, 2.05) is 56.3 Å². The fourth-order valence-electron chi connectivity index (χ4n) is 3.13. The number of aryl methyl sites for hydroxylation is 2. The fourth-order valence-corrected chi connectivity index (χ4v) is 4.07. The number of Topliss-reactive ketones (excluding diaryl/α,β-unsaturated/α-hetero) is 1. The van der Waals surface area contributed by atoms with E-state index >= 15 is 0 Å². The summed E-state index contributed by atoms with van der Waals surface area (Å²) in [6, 6.07) is 13.3. The van der Waals surface area contributed by atoms with Crippen molar-refractivity contribution in [3.8, 4) is 0 Å². The fraction of sp³-hybridized carbons (Fsp3) is 0.318. The topological polar surface area (TPSA) is 63.7 Å². The number of ether oxygens (including phenoxy) is 1. The maximum atomic E-state index is 12.6. The third-order valence-electron chi connectivity index (χ3n) is 4.68. The number of hydrogen-bond donors (Lipinski definition) is 0. The van der Waals surface area contributed by atoms with Gasteiger partial charge < -0.3 is 9.64 Å². The van der Waals surface area contributed by atoms with Crippen LogP contribution in [0.4, 0.5) is 5.69 Å². The minimum atomic E-state index is -0.868. The molecule has 1 heterocycles. The zero-order valence-electron chi connectivity index (χ0n) is 16.2. The first kappa shape index (κ1) is 20.1. The summed E-state index contributed by atoms with van der Waals surface area (Å²) in [5.41, 5.74) is 3.22. The average molecular weight is 397 g/mol. The van der Waals surface area contributed by atoms with Crippen LogP contribution in [0.5, 0.6) is 0 Å². The van der Waals surface area contributed by atoms with Crippen molar-refractivity contribution < 1.29 is 19.1 Å². The van der Waals surface area contributed by atoms with Crippen molar-refractivity contribution in [1.82, 2.24) is 0 Å². The Morgan fingerprint density at radius 3 is 2.71 bits per heavy atom. The lowest BCUT2D eigenvalue weighted by molar-refractivity contribution is -0.146. The Morgan fingerprint density at radius 2 is 1.93 bits per heavy atom. The smallest absolute Gasteiger partial charge is 0.308 e. The number of carbonyl (C=O) groups is 3. The molecule has 2 aromatic rings. The van der Waals surface area contributed by atoms with Crippen LogP contribution in [-0.2, 0) is 14.3 Å². The molecule has 28 heavy (non-hydrogen) atoms. The van der Waals surface area contributed by atoms with Crippen molar-refractivity contribution in [3.63, 3.8) is 0 Å². The van der Waals surface area contributed by atoms with Crippen LogP contribution in [-0.4, -0.2) is 36.1 Å². The molecule has 0 bridgehead atoms. The van der Waals surface area contributed by atoms with Gasteiger partial charge in [0, 0.05) is 17.0 Å². The van der Waals surface area contributed by atoms with Gasteiger partial charge in [-0.15, -0.1) is 11.8 Å². The summed E-state index contributed by atoms with van der Waals surface area (Å²) in [6.07, 6.45) is -0.831. The SMILES string of the molecule is Cc1ccc(C)c(C(=O)[C@H](C)OC(=O)CCN2C(=O)CSc3ccccc32)c1. The predicted octanol–water partition coefficient (Wildman–Crippen LogP) is 3.95. The number of esters is 1. The standard InChI is InChI=1S/C22H23NO4S/c1-14-8-9-15(2)17(12-14)22(26)16(3)27-21(25)10-11-23-18-6-4-5-7-19(18)28-13-20(23)24/h4-9,12,16H,10-11,13H2,1-3H3/t16-/m0/s1. The summed E-state index contributed by atoms with van der Waals surface area (Å²) >= 11 is 1.50. The number of hydrogen-bond acceptors (Lipinski definition) is 5. The van der Waals surface area contributed by atoms with Gasteiger partial charge in [0.1, 0.15) is 0 Å². The molecule has 0 saturated carbocycles. The summed E-state index contributed by atoms with van der Waals surface area (Å²) in [5, 5.41) is 0. The molecule has 1 aliphatic rings. The van der Waals surface area contributed by atoms with Crippen LogP contribution in [0.1, 0.15) is 34.8 Å². The lowest BCUT2D eigenvalue weighted by atomic mass is 9.99. The van der Waals surface area contributed by atoms with Gasteiger partial charge >= 0.3 is 5.97 Å². The van der Waals surface area contributed by atoms with Gasteiger partial charge in [-0.3, -0.25) is 14.4 Å². The number of fused-ring (bicyclic) bond motifs is 1. The van der Waals surface area contributed by atoms with Crippen LogP contribution < -0.4 is 4.90 Å². The second-order valence-corrected chi connectivity index (χ2v) is 7.88. The summed E-state index contributed by atoms with van der Waals surface area (Å²) in [6.45, 7) is 5.59. The highest BCUT2D eigenvalue weighted by Crippen LogP contribution is 2.34. The molecule has 0 aromatic heterocycles. The first-order chi connectivity index (χ1) is 13.4. The molecule has 1 atom stereocenters. The van der Waals surface area contributed by atoms with Gasteiger partial charge in [-0.05, 0) is 44.5 Å². The van der Waals surface area contributed by atoms with Crippen molar-refractivity contribution in [1.29, 1.82) is 0 Å². The highest BCUT2D eigenvalue weighted by Gasteiger charge is 2.26. The monoisotopic (exact) mass is 397 g/mol. The summed E-state index contributed by atoms with van der Waals surface area (Å²) < 4.78 is 5.34. The Hall–Kier alpha value is -2.60. The van der Waals surface area contributed by atoms with Gasteiger partial charge in [0.25, 0.3) is 0 Å². The molecule has 0 radical (unpaired) electrons. The molecule has 0 unspecified atom stereocenters. The van der Waals surface area contributed by atoms with E-state index in [4.69, 9.17) is 4.74 Å². The van der Waals surface area contributed by atoms with E-state index in [9.17, 15) is 14.4 Å². The lowest BCUT2D eigenvalue weighted by Crippen LogP contribution is -2.37. The molecule has 5 nitrogen and oxygen atoms in total. The van der Waals surface area contributed by atoms with Gasteiger partial charge in [-0.2, -0.15) is 0 Å². The largest absolute Gasteiger partial charge is 0.454 e. The Kier molecular flexibility index (Phi) is 6.19. The van der Waals surface area contributed by atoms with E-state index in [0.717, 1.165) is 21.7 Å². The number of anilines is 1. The predicted molar refractivity (Wildman–Crippen MR) is 110 cm³/mol. The van der Waals surface area contributed by atoms with Crippen molar-refractivity contribution in [2.45, 2.75) is 38.2 Å². The number of thioether (sulfide) groups is 1. The molecular formula is C22H23NO4S. The van der Waals surface area contributed by atoms with Gasteiger partial charge in [0.15, 0.2) is 6.10 Å². The van der Waals surface area contributed by atoms with Gasteiger partial charge in [0.05, 0.1) is 17.9 Å². The molecule has 0 fully saturated rings. The highest BCUT2D eigenvalue weighted by atomic mass is 32.2. The molecule has 146 valence electrons. The maximum Gasteiger partial charge on any atom is 0.308 e. The van der Waals surface area contributed by atoms with Crippen LogP contribution in [0.15, 0.2) is 47.4 Å². The first-order valence-electron chi connectivity index (χ1n) is 9.20. The lowest BCUT2D eigenvalue weighted by Gasteiger charge is -2.28. The number of ketones is 1. The zero-order chi connectivity index (χ0) is 20.3. The minimum Gasteiger partial charge on any atom is -0.454 e. The number of rotatable bonds is 6. The van der Waals surface area contributed by atoms with Crippen LogP contribution in [0, 0.1) is 13.8 Å². The summed E-state index contributed by atoms with van der Waals surface area (Å²) in [4.78, 5) is 39.8. The van der Waals surface area contributed by atoms with E-state index in [2.05, 4.69) is 0 Å². The third kappa shape index (κ3) is 4.44. The van der Waals surface area contributed by atoms with Crippen molar-refractivity contribution >= 4 is 35.1 Å². The minimum absolute atomic E-state index is 0.0315. The zero-order valence-corrected chi connectivity index (χ0v) is 17.0. The molecule has 1 aliphatic heterocycles. The number of nitrogens with zero attached hydrogens (tertiary/aromatic N) is 1. The quantitative estimate of drug-likeness (QED) is 0.546. The van der Waals surface area contributed by atoms with Crippen molar-refractivity contribution in [2.75, 3.05) is 17.2 Å². The Labute approximate surface area is 169 Å². The van der Waals surface area contributed by atoms with Gasteiger partial charge in [-0.1, -0.05) is 29.8 Å². The van der Waals surface area contributed by atoms with E-state index in [1.165, 1.54) is 11.8 Å². The number of para-hydroxylation sites is 1. The molecule has 6 heteroatoms. The number of carbonyl (C=O) groups excluding carboxylic acids is 3. The van der Waals surface area contributed by atoms with Crippen LogP contribution in [0.25, 0.3) is 0 Å². The Bertz CT molecular complexity index is 925. The molecule has 0 saturated heterocycles. The summed E-state index contributed by atoms with van der Waals surface area (Å²) in [5.74, 6) is -0.385. The molecule has 0 aliphatic carbocycles. The van der Waals surface area contributed by atoms with Crippen LogP contribution in [0.3, 0.4) is 0 Å².